The number of nitrogens with zero attached hydrogens (tertiary/aromatic N) is 2. The van der Waals surface area contributed by atoms with Gasteiger partial charge in [0, 0.05) is 6.54 Å². The van der Waals surface area contributed by atoms with Crippen LogP contribution in [0.15, 0.2) is 11.4 Å². The Kier molecular flexibility index (Phi) is 4.73. The molecule has 0 saturated heterocycles. The average Bonchev–Trinajstić information content (AvgIpc) is 2.87. The second-order valence-corrected chi connectivity index (χ2v) is 5.08. The zero-order valence-electron chi connectivity index (χ0n) is 11.8. The highest BCUT2D eigenvalue weighted by molar-refractivity contribution is 7.16. The van der Waals surface area contributed by atoms with Gasteiger partial charge in [-0.05, 0) is 32.2 Å². The molecule has 0 spiro atoms. The second-order valence-electron chi connectivity index (χ2n) is 4.18. The molecule has 0 radical (unpaired) electrons. The average molecular weight is 294 g/mol. The van der Waals surface area contributed by atoms with Crippen LogP contribution in [0.3, 0.4) is 0 Å². The molecule has 108 valence electrons. The Balaban J connectivity index is 2.27. The summed E-state index contributed by atoms with van der Waals surface area (Å²) in [5.74, 6) is 0.910. The van der Waals surface area contributed by atoms with Crippen LogP contribution < -0.4 is 10.6 Å². The van der Waals surface area contributed by atoms with E-state index in [0.29, 0.717) is 18.4 Å². The molecule has 20 heavy (non-hydrogen) atoms. The summed E-state index contributed by atoms with van der Waals surface area (Å²) in [6.07, 6.45) is 0. The van der Waals surface area contributed by atoms with Crippen LogP contribution in [-0.4, -0.2) is 35.1 Å². The molecule has 2 rings (SSSR count). The maximum absolute atomic E-state index is 11.7. The number of hydrogen-bond donors (Lipinski definition) is 2. The van der Waals surface area contributed by atoms with Gasteiger partial charge in [-0.2, -0.15) is 4.98 Å². The van der Waals surface area contributed by atoms with Crippen LogP contribution in [0.25, 0.3) is 10.2 Å². The van der Waals surface area contributed by atoms with Crippen molar-refractivity contribution in [2.45, 2.75) is 26.8 Å². The van der Waals surface area contributed by atoms with Gasteiger partial charge >= 0.3 is 5.97 Å². The van der Waals surface area contributed by atoms with Crippen LogP contribution in [-0.2, 0) is 9.53 Å². The molecule has 6 nitrogen and oxygen atoms in total. The van der Waals surface area contributed by atoms with Crippen molar-refractivity contribution in [2.75, 3.05) is 23.8 Å². The molecular formula is C13H18N4O2S. The summed E-state index contributed by atoms with van der Waals surface area (Å²) in [5.41, 5.74) is 0. The number of anilines is 2. The smallest absolute Gasteiger partial charge is 0.328 e. The minimum Gasteiger partial charge on any atom is -0.464 e. The third-order valence-electron chi connectivity index (χ3n) is 2.65. The Labute approximate surface area is 121 Å². The van der Waals surface area contributed by atoms with Gasteiger partial charge in [0.15, 0.2) is 0 Å². The predicted molar refractivity (Wildman–Crippen MR) is 81.3 cm³/mol. The third kappa shape index (κ3) is 3.16. The van der Waals surface area contributed by atoms with Crippen LogP contribution in [0.5, 0.6) is 0 Å². The number of aromatic nitrogens is 2. The molecule has 2 aromatic heterocycles. The molecule has 0 amide bonds. The zero-order chi connectivity index (χ0) is 14.5. The van der Waals surface area contributed by atoms with Crippen molar-refractivity contribution in [3.63, 3.8) is 0 Å². The van der Waals surface area contributed by atoms with Crippen LogP contribution >= 0.6 is 11.3 Å². The van der Waals surface area contributed by atoms with Crippen molar-refractivity contribution in [3.8, 4) is 0 Å². The number of esters is 1. The fourth-order valence-electron chi connectivity index (χ4n) is 1.73. The molecule has 2 heterocycles. The molecule has 1 unspecified atom stereocenters. The number of nitrogens with one attached hydrogen (secondary N) is 2. The van der Waals surface area contributed by atoms with E-state index in [0.717, 1.165) is 16.8 Å². The Morgan fingerprint density at radius 2 is 2.25 bits per heavy atom. The van der Waals surface area contributed by atoms with Crippen LogP contribution in [0.4, 0.5) is 11.8 Å². The van der Waals surface area contributed by atoms with E-state index in [1.165, 1.54) is 11.3 Å². The highest BCUT2D eigenvalue weighted by atomic mass is 32.1. The Bertz CT molecular complexity index is 599. The number of carbonyl (C=O) groups is 1. The minimum atomic E-state index is -0.456. The summed E-state index contributed by atoms with van der Waals surface area (Å²) in [5, 5.41) is 9.04. The fourth-order valence-corrected chi connectivity index (χ4v) is 2.50. The summed E-state index contributed by atoms with van der Waals surface area (Å²) in [4.78, 5) is 21.4. The Hall–Kier alpha value is -1.89. The number of carbonyl (C=O) groups excluding carboxylic acids is 1. The SMILES string of the molecule is CCNc1nc(NC(C)C(=O)OCC)c2ccsc2n1. The van der Waals surface area contributed by atoms with Gasteiger partial charge in [-0.15, -0.1) is 11.3 Å². The highest BCUT2D eigenvalue weighted by Gasteiger charge is 2.17. The molecule has 7 heteroatoms. The van der Waals surface area contributed by atoms with E-state index in [9.17, 15) is 4.79 Å². The molecule has 2 N–H and O–H groups in total. The molecule has 0 aliphatic heterocycles. The van der Waals surface area contributed by atoms with E-state index in [1.54, 1.807) is 13.8 Å². The summed E-state index contributed by atoms with van der Waals surface area (Å²) in [6.45, 7) is 6.63. The minimum absolute atomic E-state index is 0.292. The van der Waals surface area contributed by atoms with Crippen molar-refractivity contribution in [2.24, 2.45) is 0 Å². The van der Waals surface area contributed by atoms with Gasteiger partial charge in [0.25, 0.3) is 0 Å². The monoisotopic (exact) mass is 294 g/mol. The Morgan fingerprint density at radius 3 is 2.95 bits per heavy atom. The number of fused-ring (bicyclic) bond motifs is 1. The van der Waals surface area contributed by atoms with Crippen LogP contribution in [0.2, 0.25) is 0 Å². The standard InChI is InChI=1S/C13H18N4O2S/c1-4-14-13-16-10(9-6-7-20-11(9)17-13)15-8(3)12(18)19-5-2/h6-8H,4-5H2,1-3H3,(H2,14,15,16,17). The first-order valence-corrected chi connectivity index (χ1v) is 7.46. The molecule has 0 aliphatic rings. The zero-order valence-corrected chi connectivity index (χ0v) is 12.6. The molecule has 2 aromatic rings. The summed E-state index contributed by atoms with van der Waals surface area (Å²) in [6, 6.07) is 1.48. The molecule has 1 atom stereocenters. The maximum Gasteiger partial charge on any atom is 0.328 e. The molecular weight excluding hydrogens is 276 g/mol. The quantitative estimate of drug-likeness (QED) is 0.797. The van der Waals surface area contributed by atoms with E-state index in [2.05, 4.69) is 20.6 Å². The Morgan fingerprint density at radius 1 is 1.45 bits per heavy atom. The number of thiophene rings is 1. The molecule has 0 aromatic carbocycles. The molecule has 0 saturated carbocycles. The summed E-state index contributed by atoms with van der Waals surface area (Å²) >= 11 is 1.54. The van der Waals surface area contributed by atoms with Gasteiger partial charge in [0.1, 0.15) is 16.7 Å². The van der Waals surface area contributed by atoms with E-state index >= 15 is 0 Å². The maximum atomic E-state index is 11.7. The highest BCUT2D eigenvalue weighted by Crippen LogP contribution is 2.26. The van der Waals surface area contributed by atoms with Gasteiger partial charge in [0.05, 0.1) is 12.0 Å². The lowest BCUT2D eigenvalue weighted by molar-refractivity contribution is -0.143. The van der Waals surface area contributed by atoms with E-state index < -0.39 is 6.04 Å². The van der Waals surface area contributed by atoms with E-state index in [1.807, 2.05) is 18.4 Å². The van der Waals surface area contributed by atoms with E-state index in [4.69, 9.17) is 4.74 Å². The molecule has 0 fully saturated rings. The lowest BCUT2D eigenvalue weighted by atomic mass is 10.3. The van der Waals surface area contributed by atoms with Crippen molar-refractivity contribution < 1.29 is 9.53 Å². The van der Waals surface area contributed by atoms with Gasteiger partial charge in [-0.25, -0.2) is 9.78 Å². The topological polar surface area (TPSA) is 76.1 Å². The van der Waals surface area contributed by atoms with Crippen LogP contribution in [0.1, 0.15) is 20.8 Å². The first kappa shape index (κ1) is 14.5. The second kappa shape index (κ2) is 6.51. The third-order valence-corrected chi connectivity index (χ3v) is 3.46. The largest absolute Gasteiger partial charge is 0.464 e. The van der Waals surface area contributed by atoms with Crippen molar-refractivity contribution >= 4 is 39.3 Å². The van der Waals surface area contributed by atoms with Crippen molar-refractivity contribution in [1.82, 2.24) is 9.97 Å². The van der Waals surface area contributed by atoms with E-state index in [-0.39, 0.29) is 5.97 Å². The van der Waals surface area contributed by atoms with Crippen molar-refractivity contribution in [1.29, 1.82) is 0 Å². The number of hydrogen-bond acceptors (Lipinski definition) is 7. The summed E-state index contributed by atoms with van der Waals surface area (Å²) < 4.78 is 4.99. The lowest BCUT2D eigenvalue weighted by Gasteiger charge is -2.14. The first-order valence-electron chi connectivity index (χ1n) is 6.58. The van der Waals surface area contributed by atoms with Gasteiger partial charge in [-0.3, -0.25) is 0 Å². The predicted octanol–water partition coefficient (Wildman–Crippen LogP) is 2.49. The van der Waals surface area contributed by atoms with Crippen molar-refractivity contribution in [3.05, 3.63) is 11.4 Å². The summed E-state index contributed by atoms with van der Waals surface area (Å²) in [7, 11) is 0. The number of ether oxygens (including phenoxy) is 1. The van der Waals surface area contributed by atoms with Gasteiger partial charge in [-0.1, -0.05) is 0 Å². The molecule has 0 aliphatic carbocycles. The normalized spacial score (nSPS) is 12.2. The van der Waals surface area contributed by atoms with Gasteiger partial charge < -0.3 is 15.4 Å². The lowest BCUT2D eigenvalue weighted by Crippen LogP contribution is -2.28. The van der Waals surface area contributed by atoms with Crippen LogP contribution in [0, 0.1) is 0 Å². The number of rotatable bonds is 6. The fraction of sp³-hybridized carbons (Fsp3) is 0.462. The molecule has 0 bridgehead atoms. The van der Waals surface area contributed by atoms with Gasteiger partial charge in [0.2, 0.25) is 5.95 Å². The first-order chi connectivity index (χ1) is 9.65.